The van der Waals surface area contributed by atoms with E-state index in [1.807, 2.05) is 11.9 Å². The molecule has 1 saturated heterocycles. The number of carbonyl (C=O) groups is 1. The molecule has 0 radical (unpaired) electrons. The molecule has 0 bridgehead atoms. The summed E-state index contributed by atoms with van der Waals surface area (Å²) in [7, 11) is 1.97. The van der Waals surface area contributed by atoms with Gasteiger partial charge in [0.25, 0.3) is 0 Å². The summed E-state index contributed by atoms with van der Waals surface area (Å²) in [5, 5.41) is 3.51. The number of hydrogen-bond acceptors (Lipinski definition) is 2. The maximum Gasteiger partial charge on any atom is 0.225 e. The topological polar surface area (TPSA) is 32.3 Å². The number of nitrogens with one attached hydrogen (secondary N) is 1. The Labute approximate surface area is 112 Å². The molecule has 0 saturated carbocycles. The highest BCUT2D eigenvalue weighted by atomic mass is 16.2. The van der Waals surface area contributed by atoms with Crippen LogP contribution in [0, 0.1) is 5.92 Å². The van der Waals surface area contributed by atoms with E-state index < -0.39 is 0 Å². The van der Waals surface area contributed by atoms with Crippen molar-refractivity contribution in [1.82, 2.24) is 10.2 Å². The number of rotatable bonds is 7. The first-order valence-electron chi connectivity index (χ1n) is 7.67. The third-order valence-electron chi connectivity index (χ3n) is 3.91. The van der Waals surface area contributed by atoms with Gasteiger partial charge in [-0.05, 0) is 32.2 Å². The first kappa shape index (κ1) is 15.5. The second-order valence-corrected chi connectivity index (χ2v) is 5.64. The van der Waals surface area contributed by atoms with Crippen LogP contribution in [0.2, 0.25) is 0 Å². The van der Waals surface area contributed by atoms with E-state index in [9.17, 15) is 4.79 Å². The highest BCUT2D eigenvalue weighted by Crippen LogP contribution is 2.17. The molecule has 1 heterocycles. The summed E-state index contributed by atoms with van der Waals surface area (Å²) < 4.78 is 0. The van der Waals surface area contributed by atoms with Crippen molar-refractivity contribution in [3.8, 4) is 0 Å². The molecule has 3 heteroatoms. The van der Waals surface area contributed by atoms with Gasteiger partial charge in [-0.1, -0.05) is 33.1 Å². The monoisotopic (exact) mass is 254 g/mol. The first-order valence-corrected chi connectivity index (χ1v) is 7.67. The molecule has 3 nitrogen and oxygen atoms in total. The average Bonchev–Trinajstić information content (AvgIpc) is 2.39. The molecular weight excluding hydrogens is 224 g/mol. The third kappa shape index (κ3) is 4.97. The van der Waals surface area contributed by atoms with Crippen LogP contribution < -0.4 is 5.32 Å². The molecule has 0 aromatic carbocycles. The molecule has 1 unspecified atom stereocenters. The zero-order chi connectivity index (χ0) is 13.4. The summed E-state index contributed by atoms with van der Waals surface area (Å²) in [5.74, 6) is 0.597. The van der Waals surface area contributed by atoms with Crippen LogP contribution in [0.15, 0.2) is 0 Å². The molecule has 1 rings (SSSR count). The van der Waals surface area contributed by atoms with Crippen molar-refractivity contribution in [1.29, 1.82) is 0 Å². The number of amides is 1. The molecule has 0 aliphatic carbocycles. The molecule has 18 heavy (non-hydrogen) atoms. The van der Waals surface area contributed by atoms with E-state index in [0.717, 1.165) is 38.8 Å². The zero-order valence-electron chi connectivity index (χ0n) is 12.4. The molecular formula is C15H30N2O. The number of hydrogen-bond donors (Lipinski definition) is 1. The van der Waals surface area contributed by atoms with Gasteiger partial charge >= 0.3 is 0 Å². The fourth-order valence-corrected chi connectivity index (χ4v) is 2.90. The van der Waals surface area contributed by atoms with E-state index in [1.165, 1.54) is 19.3 Å². The maximum atomic E-state index is 12.4. The Morgan fingerprint density at radius 3 is 2.44 bits per heavy atom. The van der Waals surface area contributed by atoms with Gasteiger partial charge in [0.2, 0.25) is 5.91 Å². The Morgan fingerprint density at radius 1 is 1.28 bits per heavy atom. The Hall–Kier alpha value is -0.570. The van der Waals surface area contributed by atoms with Crippen LogP contribution >= 0.6 is 0 Å². The quantitative estimate of drug-likeness (QED) is 0.757. The molecule has 1 aliphatic heterocycles. The molecule has 1 N–H and O–H groups in total. The molecule has 1 atom stereocenters. The summed E-state index contributed by atoms with van der Waals surface area (Å²) >= 11 is 0. The number of nitrogens with zero attached hydrogens (tertiary/aromatic N) is 1. The predicted molar refractivity (Wildman–Crippen MR) is 76.6 cm³/mol. The standard InChI is InChI=1S/C15H30N2O/c1-4-8-13(9-5-2)15(18)17(3)12-14-10-6-7-11-16-14/h13-14,16H,4-12H2,1-3H3. The highest BCUT2D eigenvalue weighted by Gasteiger charge is 2.23. The van der Waals surface area contributed by atoms with E-state index in [-0.39, 0.29) is 5.92 Å². The lowest BCUT2D eigenvalue weighted by Crippen LogP contribution is -2.45. The van der Waals surface area contributed by atoms with E-state index in [0.29, 0.717) is 11.9 Å². The van der Waals surface area contributed by atoms with E-state index in [4.69, 9.17) is 0 Å². The number of likely N-dealkylation sites (N-methyl/N-ethyl adjacent to an activating group) is 1. The van der Waals surface area contributed by atoms with Crippen molar-refractivity contribution in [2.24, 2.45) is 5.92 Å². The fraction of sp³-hybridized carbons (Fsp3) is 0.933. The van der Waals surface area contributed by atoms with Gasteiger partial charge in [-0.15, -0.1) is 0 Å². The Bertz CT molecular complexity index is 231. The van der Waals surface area contributed by atoms with Gasteiger partial charge in [0.15, 0.2) is 0 Å². The van der Waals surface area contributed by atoms with Crippen LogP contribution in [0.3, 0.4) is 0 Å². The number of carbonyl (C=O) groups excluding carboxylic acids is 1. The first-order chi connectivity index (χ1) is 8.69. The summed E-state index contributed by atoms with van der Waals surface area (Å²) in [6.07, 6.45) is 8.07. The van der Waals surface area contributed by atoms with E-state index in [1.54, 1.807) is 0 Å². The minimum Gasteiger partial charge on any atom is -0.344 e. The van der Waals surface area contributed by atoms with Crippen molar-refractivity contribution in [3.05, 3.63) is 0 Å². The predicted octanol–water partition coefficient (Wildman–Crippen LogP) is 2.80. The molecule has 106 valence electrons. The van der Waals surface area contributed by atoms with Gasteiger partial charge in [0.05, 0.1) is 0 Å². The van der Waals surface area contributed by atoms with Crippen molar-refractivity contribution in [2.75, 3.05) is 20.1 Å². The zero-order valence-corrected chi connectivity index (χ0v) is 12.4. The summed E-state index contributed by atoms with van der Waals surface area (Å²) in [6.45, 7) is 6.32. The lowest BCUT2D eigenvalue weighted by atomic mass is 9.96. The van der Waals surface area contributed by atoms with Gasteiger partial charge < -0.3 is 10.2 Å². The van der Waals surface area contributed by atoms with Gasteiger partial charge in [0, 0.05) is 25.6 Å². The SMILES string of the molecule is CCCC(CCC)C(=O)N(C)CC1CCCCN1. The smallest absolute Gasteiger partial charge is 0.225 e. The van der Waals surface area contributed by atoms with Gasteiger partial charge in [-0.2, -0.15) is 0 Å². The molecule has 1 fully saturated rings. The second-order valence-electron chi connectivity index (χ2n) is 5.64. The van der Waals surface area contributed by atoms with Gasteiger partial charge in [-0.3, -0.25) is 4.79 Å². The largest absolute Gasteiger partial charge is 0.344 e. The Balaban J connectivity index is 2.41. The minimum absolute atomic E-state index is 0.244. The van der Waals surface area contributed by atoms with E-state index >= 15 is 0 Å². The fourth-order valence-electron chi connectivity index (χ4n) is 2.90. The molecule has 0 aromatic rings. The van der Waals surface area contributed by atoms with Crippen LogP contribution in [-0.4, -0.2) is 37.0 Å². The Morgan fingerprint density at radius 2 is 1.94 bits per heavy atom. The summed E-state index contributed by atoms with van der Waals surface area (Å²) in [6, 6.07) is 0.511. The van der Waals surface area contributed by atoms with Crippen LogP contribution in [-0.2, 0) is 4.79 Å². The molecule has 1 aliphatic rings. The van der Waals surface area contributed by atoms with Crippen LogP contribution in [0.25, 0.3) is 0 Å². The molecule has 0 aromatic heterocycles. The van der Waals surface area contributed by atoms with E-state index in [2.05, 4.69) is 19.2 Å². The minimum atomic E-state index is 0.244. The van der Waals surface area contributed by atoms with Gasteiger partial charge in [-0.25, -0.2) is 0 Å². The van der Waals surface area contributed by atoms with Crippen LogP contribution in [0.4, 0.5) is 0 Å². The van der Waals surface area contributed by atoms with Crippen LogP contribution in [0.1, 0.15) is 58.8 Å². The molecule has 0 spiro atoms. The van der Waals surface area contributed by atoms with Crippen molar-refractivity contribution < 1.29 is 4.79 Å². The molecule has 1 amide bonds. The maximum absolute atomic E-state index is 12.4. The average molecular weight is 254 g/mol. The number of piperidine rings is 1. The van der Waals surface area contributed by atoms with Gasteiger partial charge in [0.1, 0.15) is 0 Å². The second kappa shape index (κ2) is 8.52. The summed E-state index contributed by atoms with van der Waals surface area (Å²) in [4.78, 5) is 14.4. The normalized spacial score (nSPS) is 20.1. The lowest BCUT2D eigenvalue weighted by Gasteiger charge is -2.30. The Kier molecular flexibility index (Phi) is 7.33. The third-order valence-corrected chi connectivity index (χ3v) is 3.91. The van der Waals surface area contributed by atoms with Crippen molar-refractivity contribution >= 4 is 5.91 Å². The lowest BCUT2D eigenvalue weighted by molar-refractivity contribution is -0.135. The van der Waals surface area contributed by atoms with Crippen molar-refractivity contribution in [2.45, 2.75) is 64.8 Å². The summed E-state index contributed by atoms with van der Waals surface area (Å²) in [5.41, 5.74) is 0. The highest BCUT2D eigenvalue weighted by molar-refractivity contribution is 5.78. The van der Waals surface area contributed by atoms with Crippen molar-refractivity contribution in [3.63, 3.8) is 0 Å². The van der Waals surface area contributed by atoms with Crippen LogP contribution in [0.5, 0.6) is 0 Å².